The van der Waals surface area contributed by atoms with Crippen LogP contribution in [0.1, 0.15) is 12.5 Å². The van der Waals surface area contributed by atoms with Crippen LogP contribution >= 0.6 is 0 Å². The molecule has 0 atom stereocenters. The van der Waals surface area contributed by atoms with Crippen LogP contribution in [-0.4, -0.2) is 36.9 Å². The minimum absolute atomic E-state index is 0.0448. The van der Waals surface area contributed by atoms with Crippen molar-refractivity contribution in [3.8, 4) is 11.1 Å². The molecule has 0 bridgehead atoms. The van der Waals surface area contributed by atoms with Crippen LogP contribution in [0.15, 0.2) is 30.5 Å². The van der Waals surface area contributed by atoms with E-state index in [9.17, 15) is 18.0 Å². The molecule has 1 saturated heterocycles. The third-order valence-electron chi connectivity index (χ3n) is 4.11. The SMILES string of the molecule is CNC(=O)OCc1cccc(-c2cnc(N3CC(C)(F)C3)c(F)c2)c1F. The van der Waals surface area contributed by atoms with Gasteiger partial charge >= 0.3 is 6.09 Å². The lowest BCUT2D eigenvalue weighted by atomic mass is 9.98. The Morgan fingerprint density at radius 3 is 2.73 bits per heavy atom. The van der Waals surface area contributed by atoms with Gasteiger partial charge < -0.3 is 15.0 Å². The molecular formula is C18H18F3N3O2. The normalized spacial score (nSPS) is 15.3. The maximum absolute atomic E-state index is 14.7. The number of hydrogen-bond acceptors (Lipinski definition) is 4. The van der Waals surface area contributed by atoms with E-state index >= 15 is 0 Å². The molecule has 8 heteroatoms. The average Bonchev–Trinajstić information content (AvgIpc) is 2.58. The summed E-state index contributed by atoms with van der Waals surface area (Å²) in [5.41, 5.74) is -0.807. The van der Waals surface area contributed by atoms with Crippen LogP contribution in [0.25, 0.3) is 11.1 Å². The third kappa shape index (κ3) is 3.58. The minimum Gasteiger partial charge on any atom is -0.445 e. The highest BCUT2D eigenvalue weighted by Crippen LogP contribution is 2.33. The molecule has 138 valence electrons. The highest BCUT2D eigenvalue weighted by molar-refractivity contribution is 5.68. The molecule has 0 unspecified atom stereocenters. The predicted molar refractivity (Wildman–Crippen MR) is 90.6 cm³/mol. The lowest BCUT2D eigenvalue weighted by Crippen LogP contribution is -2.57. The zero-order chi connectivity index (χ0) is 18.9. The van der Waals surface area contributed by atoms with E-state index in [2.05, 4.69) is 10.3 Å². The van der Waals surface area contributed by atoms with Crippen LogP contribution in [0, 0.1) is 11.6 Å². The number of rotatable bonds is 4. The second-order valence-electron chi connectivity index (χ2n) is 6.40. The smallest absolute Gasteiger partial charge is 0.407 e. The monoisotopic (exact) mass is 365 g/mol. The topological polar surface area (TPSA) is 54.5 Å². The Bertz CT molecular complexity index is 834. The summed E-state index contributed by atoms with van der Waals surface area (Å²) < 4.78 is 47.5. The van der Waals surface area contributed by atoms with Crippen molar-refractivity contribution < 1.29 is 22.7 Å². The van der Waals surface area contributed by atoms with E-state index in [1.807, 2.05) is 0 Å². The molecule has 2 aromatic rings. The first-order valence-electron chi connectivity index (χ1n) is 8.02. The number of benzene rings is 1. The van der Waals surface area contributed by atoms with Crippen LogP contribution in [0.4, 0.5) is 23.8 Å². The molecule has 2 heterocycles. The first kappa shape index (κ1) is 18.0. The molecule has 1 aromatic carbocycles. The van der Waals surface area contributed by atoms with E-state index < -0.39 is 23.4 Å². The Balaban J connectivity index is 1.83. The fraction of sp³-hybridized carbons (Fsp3) is 0.333. The molecule has 1 fully saturated rings. The first-order valence-corrected chi connectivity index (χ1v) is 8.02. The van der Waals surface area contributed by atoms with Gasteiger partial charge in [-0.2, -0.15) is 0 Å². The number of alkyl carbamates (subject to hydrolysis) is 1. The van der Waals surface area contributed by atoms with Crippen molar-refractivity contribution in [2.24, 2.45) is 0 Å². The number of hydrogen-bond donors (Lipinski definition) is 1. The molecule has 1 aliphatic heterocycles. The Morgan fingerprint density at radius 1 is 1.38 bits per heavy atom. The van der Waals surface area contributed by atoms with Gasteiger partial charge in [-0.3, -0.25) is 0 Å². The third-order valence-corrected chi connectivity index (χ3v) is 4.11. The van der Waals surface area contributed by atoms with Crippen molar-refractivity contribution in [1.82, 2.24) is 10.3 Å². The van der Waals surface area contributed by atoms with E-state index in [0.29, 0.717) is 0 Å². The molecule has 1 N–H and O–H groups in total. The number of alkyl halides is 1. The molecule has 5 nitrogen and oxygen atoms in total. The number of ether oxygens (including phenoxy) is 1. The summed E-state index contributed by atoms with van der Waals surface area (Å²) in [6.07, 6.45) is 0.662. The number of halogens is 3. The number of amides is 1. The molecule has 1 aliphatic rings. The number of anilines is 1. The minimum atomic E-state index is -1.35. The first-order chi connectivity index (χ1) is 12.3. The average molecular weight is 365 g/mol. The van der Waals surface area contributed by atoms with Gasteiger partial charge in [-0.15, -0.1) is 0 Å². The van der Waals surface area contributed by atoms with Gasteiger partial charge in [0.05, 0.1) is 13.1 Å². The zero-order valence-corrected chi connectivity index (χ0v) is 14.4. The molecule has 0 spiro atoms. The number of carbonyl (C=O) groups is 1. The summed E-state index contributed by atoms with van der Waals surface area (Å²) in [4.78, 5) is 16.6. The highest BCUT2D eigenvalue weighted by Gasteiger charge is 2.40. The van der Waals surface area contributed by atoms with Gasteiger partial charge in [0.15, 0.2) is 11.6 Å². The molecule has 0 saturated carbocycles. The summed E-state index contributed by atoms with van der Waals surface area (Å²) in [6, 6.07) is 5.70. The molecule has 1 amide bonds. The number of carbonyl (C=O) groups excluding carboxylic acids is 1. The maximum Gasteiger partial charge on any atom is 0.407 e. The van der Waals surface area contributed by atoms with Crippen molar-refractivity contribution in [1.29, 1.82) is 0 Å². The van der Waals surface area contributed by atoms with E-state index in [4.69, 9.17) is 4.74 Å². The van der Waals surface area contributed by atoms with Crippen molar-refractivity contribution >= 4 is 11.9 Å². The van der Waals surface area contributed by atoms with Gasteiger partial charge in [0, 0.05) is 29.9 Å². The summed E-state index contributed by atoms with van der Waals surface area (Å²) >= 11 is 0. The largest absolute Gasteiger partial charge is 0.445 e. The predicted octanol–water partition coefficient (Wildman–Crippen LogP) is 3.43. The lowest BCUT2D eigenvalue weighted by molar-refractivity contribution is 0.140. The molecule has 1 aromatic heterocycles. The number of aromatic nitrogens is 1. The van der Waals surface area contributed by atoms with Crippen LogP contribution < -0.4 is 10.2 Å². The van der Waals surface area contributed by atoms with Gasteiger partial charge in [-0.25, -0.2) is 22.9 Å². The van der Waals surface area contributed by atoms with E-state index in [1.165, 1.54) is 37.2 Å². The second kappa shape index (κ2) is 6.86. The fourth-order valence-electron chi connectivity index (χ4n) is 2.84. The van der Waals surface area contributed by atoms with Gasteiger partial charge in [-0.05, 0) is 13.0 Å². The molecular weight excluding hydrogens is 347 g/mol. The summed E-state index contributed by atoms with van der Waals surface area (Å²) in [5.74, 6) is -1.22. The van der Waals surface area contributed by atoms with E-state index in [-0.39, 0.29) is 42.2 Å². The number of pyridine rings is 1. The van der Waals surface area contributed by atoms with Crippen LogP contribution in [0.3, 0.4) is 0 Å². The van der Waals surface area contributed by atoms with Crippen LogP contribution in [0.5, 0.6) is 0 Å². The lowest BCUT2D eigenvalue weighted by Gasteiger charge is -2.43. The van der Waals surface area contributed by atoms with Gasteiger partial charge in [-0.1, -0.05) is 18.2 Å². The summed E-state index contributed by atoms with van der Waals surface area (Å²) in [5, 5.41) is 2.27. The molecule has 3 rings (SSSR count). The Morgan fingerprint density at radius 2 is 2.12 bits per heavy atom. The molecule has 26 heavy (non-hydrogen) atoms. The van der Waals surface area contributed by atoms with Gasteiger partial charge in [0.2, 0.25) is 0 Å². The van der Waals surface area contributed by atoms with Crippen LogP contribution in [-0.2, 0) is 11.3 Å². The summed E-state index contributed by atoms with van der Waals surface area (Å²) in [7, 11) is 1.40. The van der Waals surface area contributed by atoms with Crippen molar-refractivity contribution in [2.45, 2.75) is 19.2 Å². The zero-order valence-electron chi connectivity index (χ0n) is 14.4. The number of nitrogens with one attached hydrogen (secondary N) is 1. The fourth-order valence-corrected chi connectivity index (χ4v) is 2.84. The Labute approximate surface area is 148 Å². The summed E-state index contributed by atoms with van der Waals surface area (Å²) in [6.45, 7) is 1.32. The maximum atomic E-state index is 14.7. The molecule has 0 aliphatic carbocycles. The second-order valence-corrected chi connectivity index (χ2v) is 6.40. The highest BCUT2D eigenvalue weighted by atomic mass is 19.1. The van der Waals surface area contributed by atoms with E-state index in [0.717, 1.165) is 6.07 Å². The Hall–Kier alpha value is -2.77. The Kier molecular flexibility index (Phi) is 4.76. The van der Waals surface area contributed by atoms with Crippen molar-refractivity contribution in [3.63, 3.8) is 0 Å². The van der Waals surface area contributed by atoms with Gasteiger partial charge in [0.25, 0.3) is 0 Å². The van der Waals surface area contributed by atoms with Crippen molar-refractivity contribution in [3.05, 3.63) is 47.7 Å². The standard InChI is InChI=1S/C18H18F3N3O2/c1-18(21)9-24(10-18)16-14(19)6-12(7-23-16)13-5-3-4-11(15(13)20)8-26-17(25)22-2/h3-7H,8-10H2,1-2H3,(H,22,25). The van der Waals surface area contributed by atoms with Gasteiger partial charge in [0.1, 0.15) is 18.1 Å². The molecule has 0 radical (unpaired) electrons. The van der Waals surface area contributed by atoms with Crippen LogP contribution in [0.2, 0.25) is 0 Å². The van der Waals surface area contributed by atoms with Crippen molar-refractivity contribution in [2.75, 3.05) is 25.0 Å². The number of nitrogens with zero attached hydrogens (tertiary/aromatic N) is 2. The van der Waals surface area contributed by atoms with E-state index in [1.54, 1.807) is 6.07 Å². The quantitative estimate of drug-likeness (QED) is 0.902.